The summed E-state index contributed by atoms with van der Waals surface area (Å²) in [6.07, 6.45) is 5.49. The second-order valence-electron chi connectivity index (χ2n) is 5.22. The van der Waals surface area contributed by atoms with E-state index in [4.69, 9.17) is 10.2 Å². The average Bonchev–Trinajstić information content (AvgIpc) is 2.95. The topological polar surface area (TPSA) is 104 Å². The highest BCUT2D eigenvalue weighted by molar-refractivity contribution is 5.86. The normalized spacial score (nSPS) is 29.2. The van der Waals surface area contributed by atoms with Crippen molar-refractivity contribution >= 4 is 17.8 Å². The van der Waals surface area contributed by atoms with E-state index in [1.165, 1.54) is 0 Å². The Kier molecular flexibility index (Phi) is 3.87. The number of rotatable bonds is 6. The summed E-state index contributed by atoms with van der Waals surface area (Å²) in [5, 5.41) is 20.0. The molecule has 4 atom stereocenters. The van der Waals surface area contributed by atoms with Crippen molar-refractivity contribution in [1.29, 1.82) is 0 Å². The third-order valence-electron chi connectivity index (χ3n) is 3.88. The largest absolute Gasteiger partial charge is 0.481 e. The molecule has 3 unspecified atom stereocenters. The van der Waals surface area contributed by atoms with Gasteiger partial charge in [-0.25, -0.2) is 4.79 Å². The number of carboxylic acids is 2. The maximum atomic E-state index is 12.0. The van der Waals surface area contributed by atoms with Gasteiger partial charge in [0.05, 0.1) is 0 Å². The Balaban J connectivity index is 1.90. The number of carboxylic acid groups (broad SMARTS) is 2. The van der Waals surface area contributed by atoms with Crippen molar-refractivity contribution < 1.29 is 24.6 Å². The third kappa shape index (κ3) is 3.13. The smallest absolute Gasteiger partial charge is 0.326 e. The molecule has 1 amide bonds. The zero-order valence-electron chi connectivity index (χ0n) is 10.4. The molecule has 19 heavy (non-hydrogen) atoms. The Labute approximate surface area is 110 Å². The van der Waals surface area contributed by atoms with Gasteiger partial charge in [-0.2, -0.15) is 0 Å². The van der Waals surface area contributed by atoms with E-state index in [1.54, 1.807) is 0 Å². The van der Waals surface area contributed by atoms with Crippen molar-refractivity contribution in [3.05, 3.63) is 12.2 Å². The van der Waals surface area contributed by atoms with Gasteiger partial charge in [-0.3, -0.25) is 9.59 Å². The molecule has 6 nitrogen and oxygen atoms in total. The van der Waals surface area contributed by atoms with E-state index in [2.05, 4.69) is 11.4 Å². The van der Waals surface area contributed by atoms with E-state index in [0.29, 0.717) is 5.92 Å². The lowest BCUT2D eigenvalue weighted by Gasteiger charge is -2.20. The summed E-state index contributed by atoms with van der Waals surface area (Å²) in [6.45, 7) is 0. The number of hydrogen-bond donors (Lipinski definition) is 3. The number of fused-ring (bicyclic) bond motifs is 2. The molecule has 1 saturated carbocycles. The molecule has 0 aromatic rings. The SMILES string of the molecule is O=C(O)CC[C@H](NC(=O)C1CC2C=CC1C2)C(=O)O. The Morgan fingerprint density at radius 1 is 1.21 bits per heavy atom. The van der Waals surface area contributed by atoms with Crippen LogP contribution in [0.2, 0.25) is 0 Å². The van der Waals surface area contributed by atoms with Crippen LogP contribution in [0.15, 0.2) is 12.2 Å². The van der Waals surface area contributed by atoms with Crippen LogP contribution in [-0.2, 0) is 14.4 Å². The van der Waals surface area contributed by atoms with E-state index in [-0.39, 0.29) is 30.6 Å². The van der Waals surface area contributed by atoms with Gasteiger partial charge < -0.3 is 15.5 Å². The maximum Gasteiger partial charge on any atom is 0.326 e. The van der Waals surface area contributed by atoms with Gasteiger partial charge in [0.1, 0.15) is 6.04 Å². The van der Waals surface area contributed by atoms with Gasteiger partial charge in [-0.1, -0.05) is 12.2 Å². The zero-order valence-corrected chi connectivity index (χ0v) is 10.4. The first-order valence-corrected chi connectivity index (χ1v) is 6.40. The lowest BCUT2D eigenvalue weighted by atomic mass is 9.92. The third-order valence-corrected chi connectivity index (χ3v) is 3.88. The highest BCUT2D eigenvalue weighted by Gasteiger charge is 2.40. The molecule has 0 aliphatic heterocycles. The number of amides is 1. The lowest BCUT2D eigenvalue weighted by Crippen LogP contribution is -2.44. The first-order chi connectivity index (χ1) is 8.97. The standard InChI is InChI=1S/C13H17NO5/c15-11(16)4-3-10(13(18)19)14-12(17)9-6-7-1-2-8(9)5-7/h1-2,7-10H,3-6H2,(H,14,17)(H,15,16)(H,18,19)/t7?,8?,9?,10-/m0/s1. The highest BCUT2D eigenvalue weighted by Crippen LogP contribution is 2.43. The van der Waals surface area contributed by atoms with E-state index < -0.39 is 18.0 Å². The molecule has 0 radical (unpaired) electrons. The first-order valence-electron chi connectivity index (χ1n) is 6.40. The van der Waals surface area contributed by atoms with Gasteiger partial charge in [0.2, 0.25) is 5.91 Å². The summed E-state index contributed by atoms with van der Waals surface area (Å²) in [5.74, 6) is -2.05. The number of hydrogen-bond acceptors (Lipinski definition) is 3. The molecule has 2 rings (SSSR count). The van der Waals surface area contributed by atoms with E-state index >= 15 is 0 Å². The fourth-order valence-electron chi connectivity index (χ4n) is 2.89. The van der Waals surface area contributed by atoms with Crippen LogP contribution in [0.5, 0.6) is 0 Å². The van der Waals surface area contributed by atoms with E-state index in [9.17, 15) is 14.4 Å². The Bertz CT molecular complexity index is 431. The molecule has 0 aromatic heterocycles. The first kappa shape index (κ1) is 13.6. The van der Waals surface area contributed by atoms with Crippen LogP contribution < -0.4 is 5.32 Å². The predicted octanol–water partition coefficient (Wildman–Crippen LogP) is 0.633. The molecular weight excluding hydrogens is 250 g/mol. The molecule has 0 saturated heterocycles. The van der Waals surface area contributed by atoms with Gasteiger partial charge in [-0.05, 0) is 31.1 Å². The van der Waals surface area contributed by atoms with Gasteiger partial charge in [0, 0.05) is 12.3 Å². The predicted molar refractivity (Wildman–Crippen MR) is 65.3 cm³/mol. The van der Waals surface area contributed by atoms with Crippen LogP contribution >= 0.6 is 0 Å². The second-order valence-corrected chi connectivity index (χ2v) is 5.22. The summed E-state index contributed by atoms with van der Waals surface area (Å²) in [7, 11) is 0. The maximum absolute atomic E-state index is 12.0. The van der Waals surface area contributed by atoms with Crippen LogP contribution in [-0.4, -0.2) is 34.1 Å². The van der Waals surface area contributed by atoms with E-state index in [0.717, 1.165) is 12.8 Å². The summed E-state index contributed by atoms with van der Waals surface area (Å²) in [4.78, 5) is 33.5. The molecule has 0 spiro atoms. The fourth-order valence-corrected chi connectivity index (χ4v) is 2.89. The average molecular weight is 267 g/mol. The van der Waals surface area contributed by atoms with Crippen LogP contribution in [0.25, 0.3) is 0 Å². The van der Waals surface area contributed by atoms with Gasteiger partial charge in [0.25, 0.3) is 0 Å². The Hall–Kier alpha value is -1.85. The second kappa shape index (κ2) is 5.42. The molecule has 0 aromatic carbocycles. The molecule has 2 aliphatic rings. The molecule has 6 heteroatoms. The van der Waals surface area contributed by atoms with Gasteiger partial charge in [0.15, 0.2) is 0 Å². The number of nitrogens with one attached hydrogen (secondary N) is 1. The van der Waals surface area contributed by atoms with Crippen molar-refractivity contribution in [3.8, 4) is 0 Å². The molecule has 3 N–H and O–H groups in total. The Morgan fingerprint density at radius 3 is 2.42 bits per heavy atom. The number of carbonyl (C=O) groups excluding carboxylic acids is 1. The molecule has 0 heterocycles. The molecule has 1 fully saturated rings. The van der Waals surface area contributed by atoms with Crippen LogP contribution in [0.3, 0.4) is 0 Å². The zero-order chi connectivity index (χ0) is 14.0. The van der Waals surface area contributed by atoms with Crippen LogP contribution in [0.4, 0.5) is 0 Å². The summed E-state index contributed by atoms with van der Waals surface area (Å²) in [5.41, 5.74) is 0. The van der Waals surface area contributed by atoms with Crippen molar-refractivity contribution in [1.82, 2.24) is 5.32 Å². The monoisotopic (exact) mass is 267 g/mol. The van der Waals surface area contributed by atoms with Crippen molar-refractivity contribution in [2.75, 3.05) is 0 Å². The molecule has 104 valence electrons. The number of carbonyl (C=O) groups is 3. The lowest BCUT2D eigenvalue weighted by molar-refractivity contribution is -0.143. The molecule has 2 aliphatic carbocycles. The van der Waals surface area contributed by atoms with Crippen molar-refractivity contribution in [2.24, 2.45) is 17.8 Å². The minimum absolute atomic E-state index is 0.0902. The fraction of sp³-hybridized carbons (Fsp3) is 0.615. The van der Waals surface area contributed by atoms with Gasteiger partial charge >= 0.3 is 11.9 Å². The van der Waals surface area contributed by atoms with Crippen molar-refractivity contribution in [3.63, 3.8) is 0 Å². The van der Waals surface area contributed by atoms with Gasteiger partial charge in [-0.15, -0.1) is 0 Å². The highest BCUT2D eigenvalue weighted by atomic mass is 16.4. The number of aliphatic carboxylic acids is 2. The van der Waals surface area contributed by atoms with Crippen molar-refractivity contribution in [2.45, 2.75) is 31.7 Å². The van der Waals surface area contributed by atoms with Crippen LogP contribution in [0.1, 0.15) is 25.7 Å². The quantitative estimate of drug-likeness (QED) is 0.612. The summed E-state index contributed by atoms with van der Waals surface area (Å²) >= 11 is 0. The molecular formula is C13H17NO5. The Morgan fingerprint density at radius 2 is 1.95 bits per heavy atom. The minimum Gasteiger partial charge on any atom is -0.481 e. The minimum atomic E-state index is -1.19. The number of allylic oxidation sites excluding steroid dienone is 2. The summed E-state index contributed by atoms with van der Waals surface area (Å²) in [6, 6.07) is -1.12. The van der Waals surface area contributed by atoms with E-state index in [1.807, 2.05) is 6.08 Å². The molecule has 2 bridgehead atoms. The van der Waals surface area contributed by atoms with Crippen LogP contribution in [0, 0.1) is 17.8 Å². The summed E-state index contributed by atoms with van der Waals surface area (Å²) < 4.78 is 0.